The van der Waals surface area contributed by atoms with Gasteiger partial charge in [0.25, 0.3) is 5.89 Å². The second-order valence-corrected chi connectivity index (χ2v) is 5.61. The number of hydrogen-bond acceptors (Lipinski definition) is 7. The summed E-state index contributed by atoms with van der Waals surface area (Å²) in [5.74, 6) is 0.227. The molecule has 0 saturated carbocycles. The van der Waals surface area contributed by atoms with Crippen molar-refractivity contribution in [2.75, 3.05) is 0 Å². The number of aromatic nitrogens is 6. The minimum atomic E-state index is -0.216. The molecule has 0 amide bonds. The number of pyridine rings is 2. The van der Waals surface area contributed by atoms with Crippen LogP contribution in [0, 0.1) is 0 Å². The lowest BCUT2D eigenvalue weighted by Crippen LogP contribution is -2.06. The molecular formula is C18H10N6O2. The van der Waals surface area contributed by atoms with E-state index >= 15 is 0 Å². The van der Waals surface area contributed by atoms with Crippen LogP contribution >= 0.6 is 0 Å². The zero-order valence-electron chi connectivity index (χ0n) is 13.2. The maximum Gasteiger partial charge on any atom is 0.268 e. The molecule has 26 heavy (non-hydrogen) atoms. The van der Waals surface area contributed by atoms with Crippen molar-refractivity contribution in [1.82, 2.24) is 30.1 Å². The van der Waals surface area contributed by atoms with Crippen molar-refractivity contribution < 1.29 is 4.42 Å². The third-order valence-electron chi connectivity index (χ3n) is 4.02. The van der Waals surface area contributed by atoms with Crippen molar-refractivity contribution in [2.24, 2.45) is 0 Å². The molecule has 4 aromatic heterocycles. The van der Waals surface area contributed by atoms with Crippen LogP contribution in [0.1, 0.15) is 0 Å². The molecule has 4 heterocycles. The topological polar surface area (TPSA) is 110 Å². The Morgan fingerprint density at radius 1 is 1.04 bits per heavy atom. The summed E-state index contributed by atoms with van der Waals surface area (Å²) >= 11 is 0. The van der Waals surface area contributed by atoms with Gasteiger partial charge in [0, 0.05) is 29.4 Å². The molecule has 0 radical (unpaired) electrons. The van der Waals surface area contributed by atoms with Gasteiger partial charge in [-0.3, -0.25) is 9.78 Å². The molecule has 0 spiro atoms. The van der Waals surface area contributed by atoms with Crippen molar-refractivity contribution in [3.05, 3.63) is 65.4 Å². The van der Waals surface area contributed by atoms with Crippen LogP contribution < -0.4 is 5.43 Å². The molecule has 0 atom stereocenters. The number of H-pyrrole nitrogens is 1. The van der Waals surface area contributed by atoms with Crippen LogP contribution in [0.5, 0.6) is 0 Å². The Balaban J connectivity index is 1.85. The molecule has 5 aromatic rings. The van der Waals surface area contributed by atoms with Gasteiger partial charge in [0.1, 0.15) is 5.69 Å². The van der Waals surface area contributed by atoms with Crippen LogP contribution in [0.2, 0.25) is 0 Å². The van der Waals surface area contributed by atoms with E-state index < -0.39 is 0 Å². The molecule has 0 saturated heterocycles. The van der Waals surface area contributed by atoms with E-state index in [1.54, 1.807) is 6.20 Å². The van der Waals surface area contributed by atoms with Gasteiger partial charge >= 0.3 is 0 Å². The summed E-state index contributed by atoms with van der Waals surface area (Å²) in [6, 6.07) is 10.9. The van der Waals surface area contributed by atoms with Crippen LogP contribution in [0.4, 0.5) is 0 Å². The first kappa shape index (κ1) is 14.4. The molecule has 0 unspecified atom stereocenters. The first-order valence-corrected chi connectivity index (χ1v) is 7.81. The van der Waals surface area contributed by atoms with Gasteiger partial charge < -0.3 is 9.40 Å². The van der Waals surface area contributed by atoms with Crippen molar-refractivity contribution in [1.29, 1.82) is 0 Å². The van der Waals surface area contributed by atoms with Gasteiger partial charge in [-0.25, -0.2) is 9.97 Å². The summed E-state index contributed by atoms with van der Waals surface area (Å²) in [6.45, 7) is 0. The third kappa shape index (κ3) is 2.24. The largest absolute Gasteiger partial charge is 0.422 e. The molecule has 0 aliphatic carbocycles. The summed E-state index contributed by atoms with van der Waals surface area (Å²) in [5, 5.41) is 8.60. The van der Waals surface area contributed by atoms with E-state index in [0.717, 1.165) is 16.5 Å². The molecule has 0 aliphatic rings. The molecule has 1 N–H and O–H groups in total. The molecule has 0 bridgehead atoms. The van der Waals surface area contributed by atoms with Crippen molar-refractivity contribution in [2.45, 2.75) is 0 Å². The molecule has 124 valence electrons. The van der Waals surface area contributed by atoms with Gasteiger partial charge in [0.15, 0.2) is 16.9 Å². The third-order valence-corrected chi connectivity index (χ3v) is 4.02. The van der Waals surface area contributed by atoms with Gasteiger partial charge in [-0.1, -0.05) is 12.1 Å². The summed E-state index contributed by atoms with van der Waals surface area (Å²) in [5.41, 5.74) is 2.92. The van der Waals surface area contributed by atoms with E-state index in [9.17, 15) is 4.79 Å². The zero-order valence-corrected chi connectivity index (χ0v) is 13.2. The Hall–Kier alpha value is -3.94. The summed E-state index contributed by atoms with van der Waals surface area (Å²) < 4.78 is 5.32. The summed E-state index contributed by atoms with van der Waals surface area (Å²) in [4.78, 5) is 28.5. The Morgan fingerprint density at radius 2 is 2.00 bits per heavy atom. The number of nitrogens with zero attached hydrogens (tertiary/aromatic N) is 5. The second-order valence-electron chi connectivity index (χ2n) is 5.61. The molecule has 8 heteroatoms. The van der Waals surface area contributed by atoms with Crippen LogP contribution in [0.15, 0.2) is 64.4 Å². The first-order valence-electron chi connectivity index (χ1n) is 7.81. The highest BCUT2D eigenvalue weighted by Gasteiger charge is 2.18. The Bertz CT molecular complexity index is 1310. The van der Waals surface area contributed by atoms with E-state index in [0.29, 0.717) is 17.0 Å². The monoisotopic (exact) mass is 342 g/mol. The lowest BCUT2D eigenvalue weighted by atomic mass is 10.1. The highest BCUT2D eigenvalue weighted by molar-refractivity contribution is 5.88. The van der Waals surface area contributed by atoms with Gasteiger partial charge in [0.05, 0.1) is 5.52 Å². The van der Waals surface area contributed by atoms with Crippen LogP contribution in [0.25, 0.3) is 44.9 Å². The first-order chi connectivity index (χ1) is 12.8. The maximum atomic E-state index is 12.2. The van der Waals surface area contributed by atoms with Gasteiger partial charge in [-0.2, -0.15) is 0 Å². The fourth-order valence-electron chi connectivity index (χ4n) is 2.83. The standard InChI is InChI=1S/C18H10N6O2/c25-13-5-7-20-17-15(13)22-14(16(23-17)18-24-21-9-26-18)11-3-4-12-10(8-11)2-1-6-19-12/h1-9H,(H,20,23,25). The predicted molar refractivity (Wildman–Crippen MR) is 94.2 cm³/mol. The Kier molecular flexibility index (Phi) is 3.08. The molecule has 0 aliphatic heterocycles. The lowest BCUT2D eigenvalue weighted by Gasteiger charge is -2.08. The van der Waals surface area contributed by atoms with Gasteiger partial charge in [-0.15, -0.1) is 10.2 Å². The van der Waals surface area contributed by atoms with Crippen LogP contribution in [-0.2, 0) is 0 Å². The number of fused-ring (bicyclic) bond motifs is 2. The fraction of sp³-hybridized carbons (Fsp3) is 0. The Labute approximate surface area is 145 Å². The number of nitrogens with one attached hydrogen (secondary N) is 1. The van der Waals surface area contributed by atoms with Crippen LogP contribution in [-0.4, -0.2) is 30.1 Å². The predicted octanol–water partition coefficient (Wildman–Crippen LogP) is 2.58. The zero-order chi connectivity index (χ0) is 17.5. The fourth-order valence-corrected chi connectivity index (χ4v) is 2.83. The number of aromatic amines is 1. The Morgan fingerprint density at radius 3 is 2.88 bits per heavy atom. The van der Waals surface area contributed by atoms with Crippen molar-refractivity contribution >= 4 is 22.1 Å². The van der Waals surface area contributed by atoms with Gasteiger partial charge in [-0.05, 0) is 18.2 Å². The quantitative estimate of drug-likeness (QED) is 0.525. The second kappa shape index (κ2) is 5.55. The molecule has 0 fully saturated rings. The highest BCUT2D eigenvalue weighted by atomic mass is 16.4. The van der Waals surface area contributed by atoms with Crippen molar-refractivity contribution in [3.8, 4) is 22.8 Å². The van der Waals surface area contributed by atoms with Crippen LogP contribution in [0.3, 0.4) is 0 Å². The number of rotatable bonds is 2. The molecule has 8 nitrogen and oxygen atoms in total. The summed E-state index contributed by atoms with van der Waals surface area (Å²) in [6.07, 6.45) is 4.49. The highest BCUT2D eigenvalue weighted by Crippen LogP contribution is 2.30. The lowest BCUT2D eigenvalue weighted by molar-refractivity contribution is 0.566. The normalized spacial score (nSPS) is 11.2. The molecule has 5 rings (SSSR count). The molecule has 1 aromatic carbocycles. The number of benzene rings is 1. The maximum absolute atomic E-state index is 12.2. The smallest absolute Gasteiger partial charge is 0.268 e. The van der Waals surface area contributed by atoms with Crippen molar-refractivity contribution in [3.63, 3.8) is 0 Å². The minimum absolute atomic E-state index is 0.216. The number of hydrogen-bond donors (Lipinski definition) is 1. The summed E-state index contributed by atoms with van der Waals surface area (Å²) in [7, 11) is 0. The van der Waals surface area contributed by atoms with E-state index in [1.165, 1.54) is 18.7 Å². The van der Waals surface area contributed by atoms with E-state index in [-0.39, 0.29) is 16.8 Å². The minimum Gasteiger partial charge on any atom is -0.422 e. The van der Waals surface area contributed by atoms with E-state index in [1.807, 2.05) is 30.3 Å². The van der Waals surface area contributed by atoms with E-state index in [2.05, 4.69) is 30.1 Å². The van der Waals surface area contributed by atoms with Gasteiger partial charge in [0.2, 0.25) is 11.8 Å². The van der Waals surface area contributed by atoms with E-state index in [4.69, 9.17) is 4.42 Å². The average molecular weight is 342 g/mol. The molecular weight excluding hydrogens is 332 g/mol. The SMILES string of the molecule is O=c1cc[nH]c2nc(-c3nnco3)c(-c3ccc4ncccc4c3)nc12. The average Bonchev–Trinajstić information content (AvgIpc) is 3.22.